The second-order valence-electron chi connectivity index (χ2n) is 6.71. The van der Waals surface area contributed by atoms with Gasteiger partial charge in [0.1, 0.15) is 11.1 Å². The number of hydrogen-bond acceptors (Lipinski definition) is 4. The molecule has 0 saturated carbocycles. The molecular formula is C22H19N3OS. The maximum Gasteiger partial charge on any atom is 0.256 e. The summed E-state index contributed by atoms with van der Waals surface area (Å²) in [6.45, 7) is 1.77. The Bertz CT molecular complexity index is 1020. The van der Waals surface area contributed by atoms with E-state index in [4.69, 9.17) is 0 Å². The first-order valence-electron chi connectivity index (χ1n) is 8.85. The highest BCUT2D eigenvalue weighted by molar-refractivity contribution is 7.16. The minimum atomic E-state index is -0.182. The Morgan fingerprint density at radius 2 is 1.81 bits per heavy atom. The molecule has 0 aliphatic carbocycles. The van der Waals surface area contributed by atoms with E-state index in [1.54, 1.807) is 0 Å². The van der Waals surface area contributed by atoms with Crippen LogP contribution in [0.15, 0.2) is 54.6 Å². The van der Waals surface area contributed by atoms with Crippen molar-refractivity contribution in [3.63, 3.8) is 0 Å². The molecule has 0 saturated heterocycles. The summed E-state index contributed by atoms with van der Waals surface area (Å²) in [6.07, 6.45) is 0.854. The van der Waals surface area contributed by atoms with E-state index in [0.29, 0.717) is 16.1 Å². The molecule has 2 heterocycles. The van der Waals surface area contributed by atoms with Crippen molar-refractivity contribution in [3.05, 3.63) is 76.2 Å². The van der Waals surface area contributed by atoms with Crippen LogP contribution in [-0.2, 0) is 13.0 Å². The van der Waals surface area contributed by atoms with E-state index in [-0.39, 0.29) is 5.91 Å². The lowest BCUT2D eigenvalue weighted by Gasteiger charge is -2.21. The highest BCUT2D eigenvalue weighted by Crippen LogP contribution is 2.36. The number of hydrogen-bond donors (Lipinski definition) is 1. The summed E-state index contributed by atoms with van der Waals surface area (Å²) < 4.78 is 0. The van der Waals surface area contributed by atoms with Crippen LogP contribution in [0.25, 0.3) is 11.1 Å². The molecule has 2 aromatic carbocycles. The summed E-state index contributed by atoms with van der Waals surface area (Å²) in [6, 6.07) is 19.9. The number of carbonyl (C=O) groups excluding carboxylic acids is 1. The van der Waals surface area contributed by atoms with Gasteiger partial charge in [0, 0.05) is 23.5 Å². The molecule has 3 aromatic rings. The number of fused-ring (bicyclic) bond motifs is 1. The summed E-state index contributed by atoms with van der Waals surface area (Å²) in [4.78, 5) is 16.1. The van der Waals surface area contributed by atoms with Crippen LogP contribution in [0.1, 0.15) is 26.4 Å². The zero-order chi connectivity index (χ0) is 18.8. The normalized spacial score (nSPS) is 13.6. The van der Waals surface area contributed by atoms with E-state index in [1.807, 2.05) is 54.6 Å². The summed E-state index contributed by atoms with van der Waals surface area (Å²) >= 11 is 1.52. The van der Waals surface area contributed by atoms with Gasteiger partial charge in [0.25, 0.3) is 5.91 Å². The molecule has 0 unspecified atom stereocenters. The molecule has 27 heavy (non-hydrogen) atoms. The average molecular weight is 373 g/mol. The summed E-state index contributed by atoms with van der Waals surface area (Å²) in [7, 11) is 2.07. The maximum atomic E-state index is 12.7. The molecule has 1 N–H and O–H groups in total. The van der Waals surface area contributed by atoms with E-state index < -0.39 is 0 Å². The van der Waals surface area contributed by atoms with Crippen LogP contribution in [0.2, 0.25) is 0 Å². The van der Waals surface area contributed by atoms with Crippen LogP contribution in [0.4, 0.5) is 5.00 Å². The third-order valence-electron chi connectivity index (χ3n) is 4.84. The fraction of sp³-hybridized carbons (Fsp3) is 0.182. The van der Waals surface area contributed by atoms with Gasteiger partial charge in [0.15, 0.2) is 0 Å². The first kappa shape index (κ1) is 17.5. The van der Waals surface area contributed by atoms with E-state index in [9.17, 15) is 10.1 Å². The van der Waals surface area contributed by atoms with Crippen LogP contribution in [0.3, 0.4) is 0 Å². The molecule has 1 amide bonds. The number of nitrogens with one attached hydrogen (secondary N) is 1. The molecule has 0 atom stereocenters. The summed E-state index contributed by atoms with van der Waals surface area (Å²) in [5.41, 5.74) is 4.49. The fourth-order valence-electron chi connectivity index (χ4n) is 3.36. The predicted molar refractivity (Wildman–Crippen MR) is 109 cm³/mol. The highest BCUT2D eigenvalue weighted by atomic mass is 32.1. The molecule has 4 nitrogen and oxygen atoms in total. The van der Waals surface area contributed by atoms with Gasteiger partial charge < -0.3 is 10.2 Å². The molecule has 0 fully saturated rings. The zero-order valence-electron chi connectivity index (χ0n) is 15.0. The topological polar surface area (TPSA) is 56.1 Å². The number of nitrogens with zero attached hydrogens (tertiary/aromatic N) is 2. The van der Waals surface area contributed by atoms with Crippen molar-refractivity contribution in [1.29, 1.82) is 5.26 Å². The van der Waals surface area contributed by atoms with Gasteiger partial charge in [-0.15, -0.1) is 11.3 Å². The molecule has 1 aliphatic rings. The summed E-state index contributed by atoms with van der Waals surface area (Å²) in [5, 5.41) is 13.2. The van der Waals surface area contributed by atoms with Crippen molar-refractivity contribution in [2.24, 2.45) is 0 Å². The molecule has 1 aromatic heterocycles. The lowest BCUT2D eigenvalue weighted by Crippen LogP contribution is -2.25. The van der Waals surface area contributed by atoms with Crippen molar-refractivity contribution in [2.75, 3.05) is 18.9 Å². The van der Waals surface area contributed by atoms with Gasteiger partial charge in [0.2, 0.25) is 0 Å². The van der Waals surface area contributed by atoms with Crippen LogP contribution >= 0.6 is 11.3 Å². The number of nitriles is 1. The van der Waals surface area contributed by atoms with Crippen LogP contribution in [0, 0.1) is 11.3 Å². The van der Waals surface area contributed by atoms with Crippen LogP contribution < -0.4 is 5.32 Å². The number of likely N-dealkylation sites (N-methyl/N-ethyl adjacent to an activating group) is 1. The van der Waals surface area contributed by atoms with Gasteiger partial charge in [0.05, 0.1) is 5.56 Å². The smallest absolute Gasteiger partial charge is 0.256 e. The van der Waals surface area contributed by atoms with Crippen molar-refractivity contribution < 1.29 is 4.79 Å². The predicted octanol–water partition coefficient (Wildman–Crippen LogP) is 4.53. The minimum Gasteiger partial charge on any atom is -0.312 e. The van der Waals surface area contributed by atoms with E-state index in [1.165, 1.54) is 16.2 Å². The Kier molecular flexibility index (Phi) is 4.76. The van der Waals surface area contributed by atoms with Crippen molar-refractivity contribution in [3.8, 4) is 17.2 Å². The molecule has 0 bridgehead atoms. The van der Waals surface area contributed by atoms with Gasteiger partial charge >= 0.3 is 0 Å². The molecule has 5 heteroatoms. The van der Waals surface area contributed by atoms with Gasteiger partial charge in [-0.25, -0.2) is 0 Å². The molecule has 0 spiro atoms. The quantitative estimate of drug-likeness (QED) is 0.734. The van der Waals surface area contributed by atoms with Gasteiger partial charge in [-0.1, -0.05) is 42.5 Å². The van der Waals surface area contributed by atoms with Crippen molar-refractivity contribution in [2.45, 2.75) is 13.0 Å². The minimum absolute atomic E-state index is 0.182. The van der Waals surface area contributed by atoms with E-state index in [0.717, 1.165) is 36.2 Å². The lowest BCUT2D eigenvalue weighted by atomic mass is 10.0. The zero-order valence-corrected chi connectivity index (χ0v) is 15.8. The number of carbonyl (C=O) groups is 1. The standard InChI is InChI=1S/C22H19N3OS/c1-25-12-11-18-19(13-23)22(27-20(18)14-25)24-21(26)17-9-7-16(8-10-17)15-5-3-2-4-6-15/h2-10H,11-12,14H2,1H3,(H,24,26). The average Bonchev–Trinajstić information content (AvgIpc) is 3.04. The summed E-state index contributed by atoms with van der Waals surface area (Å²) in [5.74, 6) is -0.182. The molecular weight excluding hydrogens is 354 g/mol. The lowest BCUT2D eigenvalue weighted by molar-refractivity contribution is 0.102. The monoisotopic (exact) mass is 373 g/mol. The van der Waals surface area contributed by atoms with Gasteiger partial charge in [-0.05, 0) is 42.3 Å². The number of anilines is 1. The van der Waals surface area contributed by atoms with Gasteiger partial charge in [-0.2, -0.15) is 5.26 Å². The molecule has 0 radical (unpaired) electrons. The van der Waals surface area contributed by atoms with Crippen molar-refractivity contribution in [1.82, 2.24) is 4.90 Å². The Labute approximate surface area is 162 Å². The van der Waals surface area contributed by atoms with E-state index in [2.05, 4.69) is 23.3 Å². The second kappa shape index (κ2) is 7.36. The first-order valence-corrected chi connectivity index (χ1v) is 9.67. The molecule has 4 rings (SSSR count). The van der Waals surface area contributed by atoms with E-state index >= 15 is 0 Å². The Morgan fingerprint density at radius 3 is 2.52 bits per heavy atom. The number of benzene rings is 2. The first-order chi connectivity index (χ1) is 13.2. The Balaban J connectivity index is 1.55. The van der Waals surface area contributed by atoms with Gasteiger partial charge in [-0.3, -0.25) is 4.79 Å². The number of amides is 1. The fourth-order valence-corrected chi connectivity index (χ4v) is 4.63. The molecule has 1 aliphatic heterocycles. The molecule has 134 valence electrons. The SMILES string of the molecule is CN1CCc2c(sc(NC(=O)c3ccc(-c4ccccc4)cc3)c2C#N)C1. The maximum absolute atomic E-state index is 12.7. The highest BCUT2D eigenvalue weighted by Gasteiger charge is 2.24. The second-order valence-corrected chi connectivity index (χ2v) is 7.81. The van der Waals surface area contributed by atoms with Crippen LogP contribution in [0.5, 0.6) is 0 Å². The number of rotatable bonds is 3. The van der Waals surface area contributed by atoms with Crippen LogP contribution in [-0.4, -0.2) is 24.4 Å². The van der Waals surface area contributed by atoms with Crippen molar-refractivity contribution >= 4 is 22.2 Å². The third-order valence-corrected chi connectivity index (χ3v) is 5.97. The Morgan fingerprint density at radius 1 is 1.11 bits per heavy atom. The Hall–Kier alpha value is -2.94. The largest absolute Gasteiger partial charge is 0.312 e. The number of thiophene rings is 1. The third kappa shape index (κ3) is 3.50.